The maximum Gasteiger partial charge on any atom is 0.231 e. The van der Waals surface area contributed by atoms with Gasteiger partial charge in [0.2, 0.25) is 12.7 Å². The molecular weight excluding hydrogens is 256 g/mol. The number of carbonyl (C=O) groups excluding carboxylic acids is 1. The summed E-state index contributed by atoms with van der Waals surface area (Å²) in [5.41, 5.74) is 1.12. The topological polar surface area (TPSA) is 50.8 Å². The molecule has 2 aliphatic rings. The highest BCUT2D eigenvalue weighted by molar-refractivity contribution is 5.80. The molecule has 1 amide bonds. The fraction of sp³-hybridized carbons (Fsp3) is 0.533. The Labute approximate surface area is 118 Å². The predicted molar refractivity (Wildman–Crippen MR) is 74.7 cm³/mol. The second kappa shape index (κ2) is 5.32. The zero-order chi connectivity index (χ0) is 14.1. The Kier molecular flexibility index (Phi) is 3.53. The molecule has 0 spiro atoms. The van der Waals surface area contributed by atoms with Crippen LogP contribution in [-0.2, 0) is 4.79 Å². The molecule has 0 saturated heterocycles. The van der Waals surface area contributed by atoms with E-state index in [1.165, 1.54) is 0 Å². The molecular formula is C15H20N2O3. The summed E-state index contributed by atoms with van der Waals surface area (Å²) in [4.78, 5) is 13.9. The Bertz CT molecular complexity index is 512. The van der Waals surface area contributed by atoms with Crippen LogP contribution in [0.3, 0.4) is 0 Å². The van der Waals surface area contributed by atoms with Gasteiger partial charge in [0, 0.05) is 12.5 Å². The smallest absolute Gasteiger partial charge is 0.231 e. The van der Waals surface area contributed by atoms with Crippen LogP contribution in [0.15, 0.2) is 18.2 Å². The van der Waals surface area contributed by atoms with Gasteiger partial charge in [0.15, 0.2) is 11.5 Å². The monoisotopic (exact) mass is 276 g/mol. The molecule has 5 heteroatoms. The first-order valence-electron chi connectivity index (χ1n) is 6.99. The second-order valence-corrected chi connectivity index (χ2v) is 5.61. The minimum atomic E-state index is 0.132. The highest BCUT2D eigenvalue weighted by atomic mass is 16.7. The molecule has 0 bridgehead atoms. The molecule has 0 radical (unpaired) electrons. The zero-order valence-corrected chi connectivity index (χ0v) is 11.9. The molecule has 1 aliphatic heterocycles. The van der Waals surface area contributed by atoms with Crippen molar-refractivity contribution in [2.45, 2.75) is 18.9 Å². The third kappa shape index (κ3) is 2.72. The summed E-state index contributed by atoms with van der Waals surface area (Å²) in [6, 6.07) is 6.08. The highest BCUT2D eigenvalue weighted by Crippen LogP contribution is 2.35. The lowest BCUT2D eigenvalue weighted by Crippen LogP contribution is -2.35. The van der Waals surface area contributed by atoms with E-state index in [0.29, 0.717) is 6.54 Å². The van der Waals surface area contributed by atoms with Gasteiger partial charge in [-0.3, -0.25) is 4.79 Å². The quantitative estimate of drug-likeness (QED) is 0.886. The van der Waals surface area contributed by atoms with Crippen LogP contribution in [0.25, 0.3) is 0 Å². The van der Waals surface area contributed by atoms with E-state index in [1.54, 1.807) is 0 Å². The average molecular weight is 276 g/mol. The molecule has 1 unspecified atom stereocenters. The maximum atomic E-state index is 11.8. The molecule has 1 aliphatic carbocycles. The lowest BCUT2D eigenvalue weighted by molar-refractivity contribution is -0.122. The van der Waals surface area contributed by atoms with E-state index in [9.17, 15) is 4.79 Å². The standard InChI is InChI=1S/C15H20N2O3/c1-17(2)12(8-16-15(18)10-3-4-10)11-5-6-13-14(7-11)20-9-19-13/h5-7,10,12H,3-4,8-9H2,1-2H3,(H,16,18). The van der Waals surface area contributed by atoms with Gasteiger partial charge in [-0.2, -0.15) is 0 Å². The third-order valence-corrected chi connectivity index (χ3v) is 3.82. The van der Waals surface area contributed by atoms with E-state index >= 15 is 0 Å². The molecule has 1 saturated carbocycles. The van der Waals surface area contributed by atoms with Crippen molar-refractivity contribution in [1.29, 1.82) is 0 Å². The van der Waals surface area contributed by atoms with Crippen molar-refractivity contribution in [3.63, 3.8) is 0 Å². The molecule has 108 valence electrons. The van der Waals surface area contributed by atoms with Gasteiger partial charge in [-0.15, -0.1) is 0 Å². The summed E-state index contributed by atoms with van der Waals surface area (Å²) < 4.78 is 10.7. The number of fused-ring (bicyclic) bond motifs is 1. The van der Waals surface area contributed by atoms with Crippen LogP contribution in [0.1, 0.15) is 24.4 Å². The number of hydrogen-bond donors (Lipinski definition) is 1. The van der Waals surface area contributed by atoms with Crippen molar-refractivity contribution in [2.24, 2.45) is 5.92 Å². The molecule has 1 N–H and O–H groups in total. The number of hydrogen-bond acceptors (Lipinski definition) is 4. The minimum Gasteiger partial charge on any atom is -0.454 e. The Morgan fingerprint density at radius 1 is 1.35 bits per heavy atom. The number of amides is 1. The molecule has 1 aromatic rings. The number of ether oxygens (including phenoxy) is 2. The number of carbonyl (C=O) groups is 1. The van der Waals surface area contributed by atoms with Crippen LogP contribution in [0.4, 0.5) is 0 Å². The molecule has 0 aromatic heterocycles. The van der Waals surface area contributed by atoms with Crippen LogP contribution < -0.4 is 14.8 Å². The van der Waals surface area contributed by atoms with Crippen molar-refractivity contribution >= 4 is 5.91 Å². The fourth-order valence-electron chi connectivity index (χ4n) is 2.41. The Hall–Kier alpha value is -1.75. The van der Waals surface area contributed by atoms with Crippen LogP contribution in [0.2, 0.25) is 0 Å². The number of benzene rings is 1. The Morgan fingerprint density at radius 3 is 2.80 bits per heavy atom. The second-order valence-electron chi connectivity index (χ2n) is 5.61. The van der Waals surface area contributed by atoms with Gasteiger partial charge in [-0.25, -0.2) is 0 Å². The zero-order valence-electron chi connectivity index (χ0n) is 11.9. The highest BCUT2D eigenvalue weighted by Gasteiger charge is 2.30. The van der Waals surface area contributed by atoms with Crippen LogP contribution >= 0.6 is 0 Å². The van der Waals surface area contributed by atoms with Crippen LogP contribution in [0.5, 0.6) is 11.5 Å². The first kappa shape index (κ1) is 13.2. The number of nitrogens with zero attached hydrogens (tertiary/aromatic N) is 1. The predicted octanol–water partition coefficient (Wildman–Crippen LogP) is 1.54. The third-order valence-electron chi connectivity index (χ3n) is 3.82. The van der Waals surface area contributed by atoms with Crippen molar-refractivity contribution in [1.82, 2.24) is 10.2 Å². The Morgan fingerprint density at radius 2 is 2.10 bits per heavy atom. The van der Waals surface area contributed by atoms with Crippen molar-refractivity contribution in [3.05, 3.63) is 23.8 Å². The van der Waals surface area contributed by atoms with Gasteiger partial charge >= 0.3 is 0 Å². The minimum absolute atomic E-state index is 0.132. The molecule has 5 nitrogen and oxygen atoms in total. The van der Waals surface area contributed by atoms with Gasteiger partial charge < -0.3 is 19.7 Å². The van der Waals surface area contributed by atoms with Gasteiger partial charge in [0.1, 0.15) is 0 Å². The van der Waals surface area contributed by atoms with E-state index < -0.39 is 0 Å². The number of rotatable bonds is 5. The number of nitrogens with one attached hydrogen (secondary N) is 1. The van der Waals surface area contributed by atoms with Crippen molar-refractivity contribution in [3.8, 4) is 11.5 Å². The van der Waals surface area contributed by atoms with Crippen molar-refractivity contribution in [2.75, 3.05) is 27.4 Å². The molecule has 3 rings (SSSR count). The number of likely N-dealkylation sites (N-methyl/N-ethyl adjacent to an activating group) is 1. The van der Waals surface area contributed by atoms with Gasteiger partial charge in [0.25, 0.3) is 0 Å². The van der Waals surface area contributed by atoms with Crippen LogP contribution in [0, 0.1) is 5.92 Å². The first-order valence-corrected chi connectivity index (χ1v) is 6.99. The van der Waals surface area contributed by atoms with E-state index in [1.807, 2.05) is 32.3 Å². The van der Waals surface area contributed by atoms with Crippen molar-refractivity contribution < 1.29 is 14.3 Å². The summed E-state index contributed by atoms with van der Waals surface area (Å²) in [6.45, 7) is 0.895. The lowest BCUT2D eigenvalue weighted by atomic mass is 10.1. The summed E-state index contributed by atoms with van der Waals surface area (Å²) >= 11 is 0. The van der Waals surface area contributed by atoms with E-state index in [2.05, 4.69) is 10.2 Å². The van der Waals surface area contributed by atoms with E-state index in [-0.39, 0.29) is 24.7 Å². The normalized spacial score (nSPS) is 18.1. The molecule has 1 aromatic carbocycles. The summed E-state index contributed by atoms with van der Waals surface area (Å²) in [5, 5.41) is 3.04. The van der Waals surface area contributed by atoms with Crippen LogP contribution in [-0.4, -0.2) is 38.2 Å². The van der Waals surface area contributed by atoms with Gasteiger partial charge in [-0.05, 0) is 44.6 Å². The molecule has 1 fully saturated rings. The summed E-state index contributed by atoms with van der Waals surface area (Å²) in [6.07, 6.45) is 2.06. The summed E-state index contributed by atoms with van der Waals surface area (Å²) in [7, 11) is 4.02. The van der Waals surface area contributed by atoms with Gasteiger partial charge in [-0.1, -0.05) is 6.07 Å². The molecule has 1 heterocycles. The molecule has 1 atom stereocenters. The van der Waals surface area contributed by atoms with E-state index in [0.717, 1.165) is 29.9 Å². The first-order chi connectivity index (χ1) is 9.65. The Balaban J connectivity index is 1.70. The lowest BCUT2D eigenvalue weighted by Gasteiger charge is -2.25. The molecule has 20 heavy (non-hydrogen) atoms. The summed E-state index contributed by atoms with van der Waals surface area (Å²) in [5.74, 6) is 1.99. The fourth-order valence-corrected chi connectivity index (χ4v) is 2.41. The van der Waals surface area contributed by atoms with E-state index in [4.69, 9.17) is 9.47 Å². The average Bonchev–Trinajstić information content (AvgIpc) is 3.17. The maximum absolute atomic E-state index is 11.8. The SMILES string of the molecule is CN(C)C(CNC(=O)C1CC1)c1ccc2c(c1)OCO2. The van der Waals surface area contributed by atoms with Gasteiger partial charge in [0.05, 0.1) is 6.04 Å². The largest absolute Gasteiger partial charge is 0.454 e.